The number of hydrogen-bond acceptors (Lipinski definition) is 3. The second kappa shape index (κ2) is 5.07. The SMILES string of the molecule is CC(C)n1ncc(Br)c1C(O)c1coc2ccccc12. The van der Waals surface area contributed by atoms with E-state index in [0.29, 0.717) is 0 Å². The average Bonchev–Trinajstić information content (AvgIpc) is 3.01. The molecule has 0 bridgehead atoms. The molecule has 1 aromatic carbocycles. The van der Waals surface area contributed by atoms with Gasteiger partial charge in [-0.1, -0.05) is 18.2 Å². The molecule has 0 aliphatic rings. The summed E-state index contributed by atoms with van der Waals surface area (Å²) in [7, 11) is 0. The minimum absolute atomic E-state index is 0.170. The van der Waals surface area contributed by atoms with Crippen LogP contribution in [0.5, 0.6) is 0 Å². The topological polar surface area (TPSA) is 51.2 Å². The van der Waals surface area contributed by atoms with Crippen LogP contribution in [0.25, 0.3) is 11.0 Å². The summed E-state index contributed by atoms with van der Waals surface area (Å²) in [5.74, 6) is 0. The Hall–Kier alpha value is -1.59. The number of rotatable bonds is 3. The molecular formula is C15H15BrN2O2. The zero-order valence-corrected chi connectivity index (χ0v) is 12.8. The van der Waals surface area contributed by atoms with Gasteiger partial charge in [0.25, 0.3) is 0 Å². The minimum Gasteiger partial charge on any atom is -0.464 e. The number of furan rings is 1. The van der Waals surface area contributed by atoms with Gasteiger partial charge >= 0.3 is 0 Å². The predicted molar refractivity (Wildman–Crippen MR) is 80.6 cm³/mol. The van der Waals surface area contributed by atoms with Crippen molar-refractivity contribution in [3.63, 3.8) is 0 Å². The highest BCUT2D eigenvalue weighted by Gasteiger charge is 2.24. The highest BCUT2D eigenvalue weighted by molar-refractivity contribution is 9.10. The first-order chi connectivity index (χ1) is 9.59. The Morgan fingerprint density at radius 3 is 2.80 bits per heavy atom. The highest BCUT2D eigenvalue weighted by atomic mass is 79.9. The van der Waals surface area contributed by atoms with Crippen molar-refractivity contribution in [2.24, 2.45) is 0 Å². The smallest absolute Gasteiger partial charge is 0.134 e. The molecule has 5 heteroatoms. The molecule has 0 amide bonds. The van der Waals surface area contributed by atoms with Crippen molar-refractivity contribution < 1.29 is 9.52 Å². The Bertz CT molecular complexity index is 745. The summed E-state index contributed by atoms with van der Waals surface area (Å²) in [6.07, 6.45) is 2.54. The van der Waals surface area contributed by atoms with E-state index >= 15 is 0 Å². The molecule has 0 saturated heterocycles. The number of para-hydroxylation sites is 1. The Kier molecular flexibility index (Phi) is 3.40. The molecule has 20 heavy (non-hydrogen) atoms. The fourth-order valence-electron chi connectivity index (χ4n) is 2.38. The molecule has 1 unspecified atom stereocenters. The summed E-state index contributed by atoms with van der Waals surface area (Å²) in [5, 5.41) is 16.0. The van der Waals surface area contributed by atoms with Crippen LogP contribution in [0.3, 0.4) is 0 Å². The van der Waals surface area contributed by atoms with E-state index in [1.54, 1.807) is 12.5 Å². The number of fused-ring (bicyclic) bond motifs is 1. The first-order valence-corrected chi connectivity index (χ1v) is 7.26. The molecule has 1 atom stereocenters. The minimum atomic E-state index is -0.780. The fraction of sp³-hybridized carbons (Fsp3) is 0.267. The maximum absolute atomic E-state index is 10.7. The van der Waals surface area contributed by atoms with Crippen molar-refractivity contribution in [1.82, 2.24) is 9.78 Å². The van der Waals surface area contributed by atoms with Crippen LogP contribution in [0.2, 0.25) is 0 Å². The fourth-order valence-corrected chi connectivity index (χ4v) is 2.87. The van der Waals surface area contributed by atoms with Crippen LogP contribution in [0, 0.1) is 0 Å². The Labute approximate surface area is 125 Å². The lowest BCUT2D eigenvalue weighted by Crippen LogP contribution is -2.12. The van der Waals surface area contributed by atoms with E-state index in [1.807, 2.05) is 42.8 Å². The maximum Gasteiger partial charge on any atom is 0.134 e. The van der Waals surface area contributed by atoms with Crippen LogP contribution >= 0.6 is 15.9 Å². The van der Waals surface area contributed by atoms with Crippen molar-refractivity contribution in [1.29, 1.82) is 0 Å². The summed E-state index contributed by atoms with van der Waals surface area (Å²) >= 11 is 3.46. The summed E-state index contributed by atoms with van der Waals surface area (Å²) in [6.45, 7) is 4.06. The second-order valence-corrected chi connectivity index (χ2v) is 5.86. The standard InChI is InChI=1S/C15H15BrN2O2/c1-9(2)18-14(12(16)7-17-18)15(19)11-8-20-13-6-4-3-5-10(11)13/h3-9,15,19H,1-2H3. The largest absolute Gasteiger partial charge is 0.464 e. The normalized spacial score (nSPS) is 13.2. The molecule has 2 heterocycles. The molecule has 0 aliphatic heterocycles. The van der Waals surface area contributed by atoms with Gasteiger partial charge in [0.05, 0.1) is 22.6 Å². The van der Waals surface area contributed by atoms with Crippen molar-refractivity contribution in [2.75, 3.05) is 0 Å². The van der Waals surface area contributed by atoms with Gasteiger partial charge in [-0.25, -0.2) is 0 Å². The van der Waals surface area contributed by atoms with E-state index in [1.165, 1.54) is 0 Å². The van der Waals surface area contributed by atoms with Crippen molar-refractivity contribution in [3.8, 4) is 0 Å². The maximum atomic E-state index is 10.7. The molecule has 0 spiro atoms. The van der Waals surface area contributed by atoms with Gasteiger partial charge in [-0.05, 0) is 35.8 Å². The molecule has 4 nitrogen and oxygen atoms in total. The Morgan fingerprint density at radius 1 is 1.30 bits per heavy atom. The van der Waals surface area contributed by atoms with E-state index in [2.05, 4.69) is 21.0 Å². The van der Waals surface area contributed by atoms with E-state index in [0.717, 1.165) is 26.7 Å². The number of benzene rings is 1. The Morgan fingerprint density at radius 2 is 2.05 bits per heavy atom. The van der Waals surface area contributed by atoms with E-state index in [4.69, 9.17) is 4.42 Å². The van der Waals surface area contributed by atoms with Crippen molar-refractivity contribution in [2.45, 2.75) is 26.0 Å². The van der Waals surface area contributed by atoms with Crippen molar-refractivity contribution in [3.05, 3.63) is 52.5 Å². The van der Waals surface area contributed by atoms with E-state index in [-0.39, 0.29) is 6.04 Å². The van der Waals surface area contributed by atoms with Crippen LogP contribution in [0.1, 0.15) is 37.3 Å². The lowest BCUT2D eigenvalue weighted by molar-refractivity contribution is 0.204. The molecule has 0 fully saturated rings. The van der Waals surface area contributed by atoms with Crippen LogP contribution in [0.4, 0.5) is 0 Å². The first kappa shape index (κ1) is 13.4. The van der Waals surface area contributed by atoms with Gasteiger partial charge in [0.1, 0.15) is 11.7 Å². The van der Waals surface area contributed by atoms with Gasteiger partial charge in [-0.15, -0.1) is 0 Å². The third kappa shape index (κ3) is 2.07. The molecule has 2 aromatic heterocycles. The van der Waals surface area contributed by atoms with E-state index < -0.39 is 6.10 Å². The van der Waals surface area contributed by atoms with Gasteiger partial charge in [0.15, 0.2) is 0 Å². The first-order valence-electron chi connectivity index (χ1n) is 6.46. The zero-order chi connectivity index (χ0) is 14.3. The lowest BCUT2D eigenvalue weighted by atomic mass is 10.1. The molecule has 104 valence electrons. The summed E-state index contributed by atoms with van der Waals surface area (Å²) < 4.78 is 8.11. The van der Waals surface area contributed by atoms with Crippen LogP contribution in [-0.2, 0) is 0 Å². The van der Waals surface area contributed by atoms with Gasteiger partial charge in [0.2, 0.25) is 0 Å². The van der Waals surface area contributed by atoms with Gasteiger partial charge in [-0.3, -0.25) is 4.68 Å². The summed E-state index contributed by atoms with van der Waals surface area (Å²) in [6, 6.07) is 7.85. The van der Waals surface area contributed by atoms with Crippen molar-refractivity contribution >= 4 is 26.9 Å². The third-order valence-corrected chi connectivity index (χ3v) is 3.95. The number of halogens is 1. The molecule has 0 radical (unpaired) electrons. The van der Waals surface area contributed by atoms with Crippen LogP contribution < -0.4 is 0 Å². The van der Waals surface area contributed by atoms with Gasteiger partial charge in [-0.2, -0.15) is 5.10 Å². The molecule has 1 N–H and O–H groups in total. The molecule has 3 aromatic rings. The molecule has 0 saturated carbocycles. The van der Waals surface area contributed by atoms with Crippen LogP contribution in [-0.4, -0.2) is 14.9 Å². The number of nitrogens with zero attached hydrogens (tertiary/aromatic N) is 2. The number of hydrogen-bond donors (Lipinski definition) is 1. The summed E-state index contributed by atoms with van der Waals surface area (Å²) in [5.41, 5.74) is 2.27. The Balaban J connectivity index is 2.13. The van der Waals surface area contributed by atoms with Gasteiger partial charge < -0.3 is 9.52 Å². The average molecular weight is 335 g/mol. The highest BCUT2D eigenvalue weighted by Crippen LogP contribution is 2.34. The van der Waals surface area contributed by atoms with E-state index in [9.17, 15) is 5.11 Å². The molecular weight excluding hydrogens is 320 g/mol. The lowest BCUT2D eigenvalue weighted by Gasteiger charge is -2.16. The number of aliphatic hydroxyl groups is 1. The number of aromatic nitrogens is 2. The zero-order valence-electron chi connectivity index (χ0n) is 11.2. The molecule has 3 rings (SSSR count). The van der Waals surface area contributed by atoms with Gasteiger partial charge in [0, 0.05) is 17.0 Å². The summed E-state index contributed by atoms with van der Waals surface area (Å²) in [4.78, 5) is 0. The van der Waals surface area contributed by atoms with Crippen LogP contribution in [0.15, 0.2) is 45.6 Å². The second-order valence-electron chi connectivity index (χ2n) is 5.01. The number of aliphatic hydroxyl groups excluding tert-OH is 1. The monoisotopic (exact) mass is 334 g/mol. The third-order valence-electron chi connectivity index (χ3n) is 3.34. The quantitative estimate of drug-likeness (QED) is 0.785. The molecule has 0 aliphatic carbocycles. The predicted octanol–water partition coefficient (Wildman–Crippen LogP) is 4.05.